The monoisotopic (exact) mass is 246 g/mol. The van der Waals surface area contributed by atoms with Crippen LogP contribution < -0.4 is 5.32 Å². The van der Waals surface area contributed by atoms with E-state index in [1.165, 1.54) is 38.5 Å². The lowest BCUT2D eigenvalue weighted by atomic mass is 9.83. The molecule has 1 heterocycles. The first-order chi connectivity index (χ1) is 8.79. The Bertz CT molecular complexity index is 328. The van der Waals surface area contributed by atoms with E-state index in [4.69, 9.17) is 0 Å². The molecule has 1 atom stereocenters. The molecule has 0 amide bonds. The highest BCUT2D eigenvalue weighted by Crippen LogP contribution is 2.28. The fourth-order valence-corrected chi connectivity index (χ4v) is 3.10. The van der Waals surface area contributed by atoms with Crippen molar-refractivity contribution in [2.45, 2.75) is 64.5 Å². The lowest BCUT2D eigenvalue weighted by Crippen LogP contribution is -2.35. The van der Waals surface area contributed by atoms with Crippen LogP contribution in [0.5, 0.6) is 0 Å². The van der Waals surface area contributed by atoms with Crippen molar-refractivity contribution in [3.63, 3.8) is 0 Å². The van der Waals surface area contributed by atoms with Crippen LogP contribution in [0.4, 0.5) is 0 Å². The minimum absolute atomic E-state index is 0.374. The van der Waals surface area contributed by atoms with Crippen molar-refractivity contribution in [2.75, 3.05) is 0 Å². The van der Waals surface area contributed by atoms with Gasteiger partial charge in [0.1, 0.15) is 0 Å². The van der Waals surface area contributed by atoms with Crippen LogP contribution >= 0.6 is 0 Å². The maximum atomic E-state index is 4.43. The van der Waals surface area contributed by atoms with Crippen molar-refractivity contribution in [1.29, 1.82) is 0 Å². The molecule has 100 valence electrons. The van der Waals surface area contributed by atoms with Gasteiger partial charge in [0.2, 0.25) is 0 Å². The Balaban J connectivity index is 1.78. The standard InChI is InChI=1S/C16H26N2/c1-3-6-14-8-10-15(11-9-14)18-13(2)16-7-4-5-12-17-16/h4-5,7,12-15,18H,3,6,8-11H2,1-2H3. The van der Waals surface area contributed by atoms with Gasteiger partial charge in [-0.2, -0.15) is 0 Å². The minimum Gasteiger partial charge on any atom is -0.306 e. The Kier molecular flexibility index (Phi) is 5.18. The number of hydrogen-bond acceptors (Lipinski definition) is 2. The van der Waals surface area contributed by atoms with Crippen molar-refractivity contribution < 1.29 is 0 Å². The molecule has 1 aromatic rings. The van der Waals surface area contributed by atoms with E-state index in [1.807, 2.05) is 12.3 Å². The first kappa shape index (κ1) is 13.5. The van der Waals surface area contributed by atoms with Gasteiger partial charge in [0, 0.05) is 18.3 Å². The molecule has 0 saturated heterocycles. The lowest BCUT2D eigenvalue weighted by molar-refractivity contribution is 0.265. The summed E-state index contributed by atoms with van der Waals surface area (Å²) in [7, 11) is 0. The molecule has 2 nitrogen and oxygen atoms in total. The molecule has 1 saturated carbocycles. The van der Waals surface area contributed by atoms with Gasteiger partial charge >= 0.3 is 0 Å². The summed E-state index contributed by atoms with van der Waals surface area (Å²) in [4.78, 5) is 4.43. The third-order valence-electron chi connectivity index (χ3n) is 4.16. The van der Waals surface area contributed by atoms with E-state index in [-0.39, 0.29) is 0 Å². The molecule has 1 fully saturated rings. The number of aromatic nitrogens is 1. The van der Waals surface area contributed by atoms with Crippen LogP contribution in [0.3, 0.4) is 0 Å². The summed E-state index contributed by atoms with van der Waals surface area (Å²) in [5, 5.41) is 3.74. The molecule has 2 heteroatoms. The highest BCUT2D eigenvalue weighted by atomic mass is 15.0. The predicted molar refractivity (Wildman–Crippen MR) is 76.4 cm³/mol. The zero-order chi connectivity index (χ0) is 12.8. The molecule has 1 N–H and O–H groups in total. The normalized spacial score (nSPS) is 25.9. The summed E-state index contributed by atoms with van der Waals surface area (Å²) in [5.41, 5.74) is 1.16. The van der Waals surface area contributed by atoms with Crippen LogP contribution in [-0.4, -0.2) is 11.0 Å². The van der Waals surface area contributed by atoms with Gasteiger partial charge in [-0.25, -0.2) is 0 Å². The largest absolute Gasteiger partial charge is 0.306 e. The molecule has 0 bridgehead atoms. The van der Waals surface area contributed by atoms with Crippen LogP contribution in [0.25, 0.3) is 0 Å². The van der Waals surface area contributed by atoms with Gasteiger partial charge in [-0.1, -0.05) is 25.8 Å². The molecule has 0 aliphatic heterocycles. The molecule has 2 rings (SSSR count). The van der Waals surface area contributed by atoms with Crippen molar-refractivity contribution >= 4 is 0 Å². The Morgan fingerprint density at radius 1 is 1.28 bits per heavy atom. The molecule has 1 aliphatic carbocycles. The predicted octanol–water partition coefficient (Wildman–Crippen LogP) is 4.09. The SMILES string of the molecule is CCCC1CCC(NC(C)c2ccccn2)CC1. The van der Waals surface area contributed by atoms with E-state index in [0.29, 0.717) is 12.1 Å². The van der Waals surface area contributed by atoms with Crippen molar-refractivity contribution in [2.24, 2.45) is 5.92 Å². The van der Waals surface area contributed by atoms with Gasteiger partial charge in [-0.15, -0.1) is 0 Å². The average molecular weight is 246 g/mol. The minimum atomic E-state index is 0.374. The van der Waals surface area contributed by atoms with Crippen molar-refractivity contribution in [1.82, 2.24) is 10.3 Å². The summed E-state index contributed by atoms with van der Waals surface area (Å²) in [6.07, 6.45) is 10.1. The fraction of sp³-hybridized carbons (Fsp3) is 0.688. The maximum absolute atomic E-state index is 4.43. The van der Waals surface area contributed by atoms with Crippen LogP contribution in [0, 0.1) is 5.92 Å². The summed E-state index contributed by atoms with van der Waals surface area (Å²) in [6, 6.07) is 7.22. The zero-order valence-corrected chi connectivity index (χ0v) is 11.7. The van der Waals surface area contributed by atoms with Gasteiger partial charge < -0.3 is 5.32 Å². The summed E-state index contributed by atoms with van der Waals surface area (Å²) < 4.78 is 0. The number of pyridine rings is 1. The molecule has 0 aromatic carbocycles. The van der Waals surface area contributed by atoms with E-state index < -0.39 is 0 Å². The van der Waals surface area contributed by atoms with Gasteiger partial charge in [-0.05, 0) is 50.7 Å². The molecule has 1 aliphatic rings. The summed E-state index contributed by atoms with van der Waals surface area (Å²) >= 11 is 0. The first-order valence-electron chi connectivity index (χ1n) is 7.46. The second-order valence-corrected chi connectivity index (χ2v) is 5.65. The highest BCUT2D eigenvalue weighted by Gasteiger charge is 2.22. The molecule has 1 aromatic heterocycles. The molecule has 0 spiro atoms. The maximum Gasteiger partial charge on any atom is 0.0570 e. The molecular weight excluding hydrogens is 220 g/mol. The van der Waals surface area contributed by atoms with Crippen molar-refractivity contribution in [3.8, 4) is 0 Å². The molecule has 18 heavy (non-hydrogen) atoms. The Labute approximate surface area is 111 Å². The first-order valence-corrected chi connectivity index (χ1v) is 7.46. The average Bonchev–Trinajstić information content (AvgIpc) is 2.42. The number of nitrogens with one attached hydrogen (secondary N) is 1. The van der Waals surface area contributed by atoms with E-state index in [1.54, 1.807) is 0 Å². The Morgan fingerprint density at radius 2 is 2.06 bits per heavy atom. The topological polar surface area (TPSA) is 24.9 Å². The van der Waals surface area contributed by atoms with E-state index in [2.05, 4.69) is 36.3 Å². The summed E-state index contributed by atoms with van der Waals surface area (Å²) in [5.74, 6) is 0.984. The quantitative estimate of drug-likeness (QED) is 0.846. The highest BCUT2D eigenvalue weighted by molar-refractivity contribution is 5.07. The van der Waals surface area contributed by atoms with Gasteiger partial charge in [0.15, 0.2) is 0 Å². The van der Waals surface area contributed by atoms with E-state index in [9.17, 15) is 0 Å². The Hall–Kier alpha value is -0.890. The van der Waals surface area contributed by atoms with Crippen LogP contribution in [0.2, 0.25) is 0 Å². The molecule has 0 radical (unpaired) electrons. The van der Waals surface area contributed by atoms with E-state index in [0.717, 1.165) is 11.6 Å². The zero-order valence-electron chi connectivity index (χ0n) is 11.7. The fourth-order valence-electron chi connectivity index (χ4n) is 3.10. The van der Waals surface area contributed by atoms with Crippen LogP contribution in [0.1, 0.15) is 64.1 Å². The van der Waals surface area contributed by atoms with Crippen LogP contribution in [0.15, 0.2) is 24.4 Å². The second-order valence-electron chi connectivity index (χ2n) is 5.65. The van der Waals surface area contributed by atoms with Gasteiger partial charge in [0.25, 0.3) is 0 Å². The third-order valence-corrected chi connectivity index (χ3v) is 4.16. The molecular formula is C16H26N2. The Morgan fingerprint density at radius 3 is 2.67 bits per heavy atom. The van der Waals surface area contributed by atoms with E-state index >= 15 is 0 Å². The third kappa shape index (κ3) is 3.81. The number of nitrogens with zero attached hydrogens (tertiary/aromatic N) is 1. The van der Waals surface area contributed by atoms with Gasteiger partial charge in [-0.3, -0.25) is 4.98 Å². The smallest absolute Gasteiger partial charge is 0.0570 e. The molecule has 1 unspecified atom stereocenters. The lowest BCUT2D eigenvalue weighted by Gasteiger charge is -2.31. The second kappa shape index (κ2) is 6.89. The summed E-state index contributed by atoms with van der Waals surface area (Å²) in [6.45, 7) is 4.52. The van der Waals surface area contributed by atoms with Gasteiger partial charge in [0.05, 0.1) is 5.69 Å². The van der Waals surface area contributed by atoms with Crippen LogP contribution in [-0.2, 0) is 0 Å². The number of rotatable bonds is 5. The van der Waals surface area contributed by atoms with Crippen molar-refractivity contribution in [3.05, 3.63) is 30.1 Å². The number of hydrogen-bond donors (Lipinski definition) is 1.